The quantitative estimate of drug-likeness (QED) is 0.747. The number of nitrogens with one attached hydrogen (secondary N) is 1. The van der Waals surface area contributed by atoms with E-state index >= 15 is 0 Å². The van der Waals surface area contributed by atoms with Crippen LogP contribution in [0.25, 0.3) is 0 Å². The SMILES string of the molecule is COc1cc(CC(=O)NCC(C)CN)cc(OC)c1OC. The van der Waals surface area contributed by atoms with Gasteiger partial charge in [0, 0.05) is 6.54 Å². The van der Waals surface area contributed by atoms with Crippen LogP contribution in [0.2, 0.25) is 0 Å². The summed E-state index contributed by atoms with van der Waals surface area (Å²) >= 11 is 0. The third-order valence-corrected chi connectivity index (χ3v) is 3.14. The molecule has 0 heterocycles. The summed E-state index contributed by atoms with van der Waals surface area (Å²) in [6, 6.07) is 3.54. The van der Waals surface area contributed by atoms with E-state index < -0.39 is 0 Å². The first-order valence-electron chi connectivity index (χ1n) is 6.81. The molecule has 1 aromatic rings. The zero-order chi connectivity index (χ0) is 15.8. The van der Waals surface area contributed by atoms with Crippen molar-refractivity contribution in [3.8, 4) is 17.2 Å². The van der Waals surface area contributed by atoms with Crippen molar-refractivity contribution in [2.45, 2.75) is 13.3 Å². The Bertz CT molecular complexity index is 452. The number of rotatable bonds is 8. The third kappa shape index (κ3) is 4.82. The molecular formula is C15H24N2O4. The molecule has 0 fully saturated rings. The van der Waals surface area contributed by atoms with Crippen molar-refractivity contribution in [3.63, 3.8) is 0 Å². The van der Waals surface area contributed by atoms with Gasteiger partial charge in [-0.25, -0.2) is 0 Å². The minimum atomic E-state index is -0.0652. The van der Waals surface area contributed by atoms with E-state index in [0.717, 1.165) is 5.56 Å². The molecular weight excluding hydrogens is 272 g/mol. The summed E-state index contributed by atoms with van der Waals surface area (Å²) in [6.07, 6.45) is 0.244. The molecule has 0 aliphatic rings. The molecule has 0 bridgehead atoms. The minimum Gasteiger partial charge on any atom is -0.493 e. The lowest BCUT2D eigenvalue weighted by Crippen LogP contribution is -2.32. The summed E-state index contributed by atoms with van der Waals surface area (Å²) in [6.45, 7) is 3.10. The molecule has 6 nitrogen and oxygen atoms in total. The molecule has 0 aliphatic heterocycles. The summed E-state index contributed by atoms with van der Waals surface area (Å²) < 4.78 is 15.8. The second kappa shape index (κ2) is 8.36. The van der Waals surface area contributed by atoms with Crippen molar-refractivity contribution in [1.82, 2.24) is 5.32 Å². The molecule has 0 saturated carbocycles. The van der Waals surface area contributed by atoms with Gasteiger partial charge in [0.25, 0.3) is 0 Å². The normalized spacial score (nSPS) is 11.7. The maximum Gasteiger partial charge on any atom is 0.224 e. The third-order valence-electron chi connectivity index (χ3n) is 3.14. The lowest BCUT2D eigenvalue weighted by atomic mass is 10.1. The molecule has 6 heteroatoms. The molecule has 0 saturated heterocycles. The predicted octanol–water partition coefficient (Wildman–Crippen LogP) is 0.966. The van der Waals surface area contributed by atoms with Crippen LogP contribution >= 0.6 is 0 Å². The van der Waals surface area contributed by atoms with E-state index in [0.29, 0.717) is 30.3 Å². The van der Waals surface area contributed by atoms with E-state index in [1.54, 1.807) is 33.5 Å². The van der Waals surface area contributed by atoms with Gasteiger partial charge in [-0.2, -0.15) is 0 Å². The lowest BCUT2D eigenvalue weighted by molar-refractivity contribution is -0.120. The Morgan fingerprint density at radius 3 is 2.19 bits per heavy atom. The maximum absolute atomic E-state index is 11.9. The van der Waals surface area contributed by atoms with Crippen molar-refractivity contribution < 1.29 is 19.0 Å². The van der Waals surface area contributed by atoms with E-state index in [-0.39, 0.29) is 18.2 Å². The van der Waals surface area contributed by atoms with Crippen molar-refractivity contribution in [1.29, 1.82) is 0 Å². The highest BCUT2D eigenvalue weighted by Gasteiger charge is 2.15. The monoisotopic (exact) mass is 296 g/mol. The molecule has 1 rings (SSSR count). The standard InChI is InChI=1S/C15H24N2O4/c1-10(8-16)9-17-14(18)7-11-5-12(19-2)15(21-4)13(6-11)20-3/h5-6,10H,7-9,16H2,1-4H3,(H,17,18). The molecule has 3 N–H and O–H groups in total. The topological polar surface area (TPSA) is 82.8 Å². The fourth-order valence-electron chi connectivity index (χ4n) is 1.86. The number of carbonyl (C=O) groups is 1. The van der Waals surface area contributed by atoms with Crippen molar-refractivity contribution in [2.75, 3.05) is 34.4 Å². The molecule has 1 unspecified atom stereocenters. The van der Waals surface area contributed by atoms with Gasteiger partial charge in [0.05, 0.1) is 27.8 Å². The van der Waals surface area contributed by atoms with Gasteiger partial charge in [0.15, 0.2) is 11.5 Å². The highest BCUT2D eigenvalue weighted by atomic mass is 16.5. The molecule has 0 aliphatic carbocycles. The first-order valence-corrected chi connectivity index (χ1v) is 6.81. The van der Waals surface area contributed by atoms with E-state index in [1.807, 2.05) is 6.92 Å². The number of carbonyl (C=O) groups excluding carboxylic acids is 1. The van der Waals surface area contributed by atoms with Crippen LogP contribution in [0.3, 0.4) is 0 Å². The maximum atomic E-state index is 11.9. The molecule has 0 spiro atoms. The number of amides is 1. The fourth-order valence-corrected chi connectivity index (χ4v) is 1.86. The number of methoxy groups -OCH3 is 3. The summed E-state index contributed by atoms with van der Waals surface area (Å²) in [5.74, 6) is 1.78. The second-order valence-electron chi connectivity index (χ2n) is 4.86. The lowest BCUT2D eigenvalue weighted by Gasteiger charge is -2.14. The molecule has 1 aromatic carbocycles. The predicted molar refractivity (Wildman–Crippen MR) is 81.0 cm³/mol. The van der Waals surface area contributed by atoms with Crippen molar-refractivity contribution >= 4 is 5.91 Å². The molecule has 0 aromatic heterocycles. The first-order chi connectivity index (χ1) is 10.0. The van der Waals surface area contributed by atoms with Gasteiger partial charge in [-0.05, 0) is 30.2 Å². The van der Waals surface area contributed by atoms with Crippen LogP contribution in [0.5, 0.6) is 17.2 Å². The van der Waals surface area contributed by atoms with Crippen LogP contribution in [0.15, 0.2) is 12.1 Å². The summed E-state index contributed by atoms with van der Waals surface area (Å²) in [4.78, 5) is 11.9. The van der Waals surface area contributed by atoms with Crippen LogP contribution < -0.4 is 25.3 Å². The van der Waals surface area contributed by atoms with Gasteiger partial charge in [-0.15, -0.1) is 0 Å². The molecule has 0 radical (unpaired) electrons. The minimum absolute atomic E-state index is 0.0652. The van der Waals surface area contributed by atoms with Gasteiger partial charge in [-0.1, -0.05) is 6.92 Å². The Labute approximate surface area is 125 Å². The van der Waals surface area contributed by atoms with Crippen LogP contribution in [0.1, 0.15) is 12.5 Å². The number of ether oxygens (including phenoxy) is 3. The van der Waals surface area contributed by atoms with Gasteiger partial charge in [0.2, 0.25) is 11.7 Å². The van der Waals surface area contributed by atoms with Crippen LogP contribution in [-0.2, 0) is 11.2 Å². The Morgan fingerprint density at radius 2 is 1.76 bits per heavy atom. The highest BCUT2D eigenvalue weighted by Crippen LogP contribution is 2.38. The largest absolute Gasteiger partial charge is 0.493 e. The van der Waals surface area contributed by atoms with Gasteiger partial charge in [-0.3, -0.25) is 4.79 Å². The van der Waals surface area contributed by atoms with Crippen molar-refractivity contribution in [3.05, 3.63) is 17.7 Å². The van der Waals surface area contributed by atoms with E-state index in [1.165, 1.54) is 0 Å². The van der Waals surface area contributed by atoms with Gasteiger partial charge < -0.3 is 25.3 Å². The first kappa shape index (κ1) is 17.1. The molecule has 21 heavy (non-hydrogen) atoms. The van der Waals surface area contributed by atoms with E-state index in [4.69, 9.17) is 19.9 Å². The van der Waals surface area contributed by atoms with Gasteiger partial charge in [0.1, 0.15) is 0 Å². The van der Waals surface area contributed by atoms with E-state index in [2.05, 4.69) is 5.32 Å². The number of benzene rings is 1. The Kier molecular flexibility index (Phi) is 6.81. The van der Waals surface area contributed by atoms with Crippen molar-refractivity contribution in [2.24, 2.45) is 11.7 Å². The smallest absolute Gasteiger partial charge is 0.224 e. The Balaban J connectivity index is 2.81. The summed E-state index contributed by atoms with van der Waals surface area (Å²) in [7, 11) is 4.63. The Morgan fingerprint density at radius 1 is 1.19 bits per heavy atom. The molecule has 118 valence electrons. The number of hydrogen-bond acceptors (Lipinski definition) is 5. The summed E-state index contributed by atoms with van der Waals surface area (Å²) in [5, 5.41) is 2.85. The fraction of sp³-hybridized carbons (Fsp3) is 0.533. The van der Waals surface area contributed by atoms with E-state index in [9.17, 15) is 4.79 Å². The number of hydrogen-bond donors (Lipinski definition) is 2. The summed E-state index contributed by atoms with van der Waals surface area (Å²) in [5.41, 5.74) is 6.31. The number of nitrogens with two attached hydrogens (primary N) is 1. The average Bonchev–Trinajstić information content (AvgIpc) is 2.51. The molecule has 1 amide bonds. The van der Waals surface area contributed by atoms with Gasteiger partial charge >= 0.3 is 0 Å². The Hall–Kier alpha value is -1.95. The van der Waals surface area contributed by atoms with Crippen LogP contribution in [0, 0.1) is 5.92 Å². The average molecular weight is 296 g/mol. The van der Waals surface area contributed by atoms with Crippen LogP contribution in [-0.4, -0.2) is 40.3 Å². The highest BCUT2D eigenvalue weighted by molar-refractivity contribution is 5.79. The van der Waals surface area contributed by atoms with Crippen LogP contribution in [0.4, 0.5) is 0 Å². The molecule has 1 atom stereocenters. The zero-order valence-corrected chi connectivity index (χ0v) is 13.1. The second-order valence-corrected chi connectivity index (χ2v) is 4.86. The zero-order valence-electron chi connectivity index (χ0n) is 13.1.